The van der Waals surface area contributed by atoms with Crippen LogP contribution in [0.5, 0.6) is 0 Å². The highest BCUT2D eigenvalue weighted by atomic mass is 15.3. The molecule has 2 heterocycles. The zero-order valence-corrected chi connectivity index (χ0v) is 15.7. The molecule has 2 aliphatic heterocycles. The first kappa shape index (κ1) is 18.6. The maximum Gasteiger partial charge on any atom is 0.193 e. The average molecular weight is 323 g/mol. The molecule has 0 aromatic carbocycles. The topological polar surface area (TPSA) is 30.9 Å². The van der Waals surface area contributed by atoms with Gasteiger partial charge in [0.15, 0.2) is 5.96 Å². The fraction of sp³-hybridized carbons (Fsp3) is 0.947. The van der Waals surface area contributed by atoms with E-state index in [-0.39, 0.29) is 0 Å². The van der Waals surface area contributed by atoms with Gasteiger partial charge in [0.05, 0.1) is 0 Å². The fourth-order valence-electron chi connectivity index (χ4n) is 3.95. The Hall–Kier alpha value is -0.770. The summed E-state index contributed by atoms with van der Waals surface area (Å²) in [6, 6.07) is 0. The lowest BCUT2D eigenvalue weighted by Gasteiger charge is -2.22. The van der Waals surface area contributed by atoms with E-state index < -0.39 is 0 Å². The van der Waals surface area contributed by atoms with Crippen LogP contribution in [0.25, 0.3) is 0 Å². The Labute approximate surface area is 143 Å². The van der Waals surface area contributed by atoms with Gasteiger partial charge in [-0.2, -0.15) is 0 Å². The van der Waals surface area contributed by atoms with Crippen LogP contribution in [0.15, 0.2) is 4.99 Å². The number of likely N-dealkylation sites (tertiary alicyclic amines) is 2. The predicted octanol–water partition coefficient (Wildman–Crippen LogP) is 3.20. The van der Waals surface area contributed by atoms with Gasteiger partial charge in [-0.25, -0.2) is 0 Å². The number of nitrogens with one attached hydrogen (secondary N) is 1. The van der Waals surface area contributed by atoms with Crippen molar-refractivity contribution in [2.75, 3.05) is 45.8 Å². The maximum absolute atomic E-state index is 4.89. The molecule has 1 unspecified atom stereocenters. The van der Waals surface area contributed by atoms with Crippen molar-refractivity contribution < 1.29 is 0 Å². The Bertz CT molecular complexity index is 347. The van der Waals surface area contributed by atoms with E-state index in [9.17, 15) is 0 Å². The van der Waals surface area contributed by atoms with E-state index in [2.05, 4.69) is 35.9 Å². The van der Waals surface area contributed by atoms with Gasteiger partial charge < -0.3 is 15.1 Å². The highest BCUT2D eigenvalue weighted by Crippen LogP contribution is 2.23. The summed E-state index contributed by atoms with van der Waals surface area (Å²) in [5.41, 5.74) is 0. The van der Waals surface area contributed by atoms with Crippen LogP contribution in [-0.4, -0.2) is 61.6 Å². The summed E-state index contributed by atoms with van der Waals surface area (Å²) >= 11 is 0. The largest absolute Gasteiger partial charge is 0.357 e. The van der Waals surface area contributed by atoms with Crippen LogP contribution in [0.3, 0.4) is 0 Å². The lowest BCUT2D eigenvalue weighted by atomic mass is 9.97. The minimum atomic E-state index is 0.810. The molecule has 1 atom stereocenters. The van der Waals surface area contributed by atoms with Gasteiger partial charge in [0.25, 0.3) is 0 Å². The second kappa shape index (κ2) is 10.2. The van der Waals surface area contributed by atoms with Crippen molar-refractivity contribution in [1.82, 2.24) is 15.1 Å². The van der Waals surface area contributed by atoms with Crippen LogP contribution in [0.1, 0.15) is 59.3 Å². The molecule has 134 valence electrons. The molecule has 2 aliphatic rings. The van der Waals surface area contributed by atoms with Crippen molar-refractivity contribution in [1.29, 1.82) is 0 Å². The second-order valence-electron chi connectivity index (χ2n) is 7.72. The Balaban J connectivity index is 1.69. The number of hydrogen-bond acceptors (Lipinski definition) is 2. The first-order chi connectivity index (χ1) is 11.2. The van der Waals surface area contributed by atoms with Gasteiger partial charge >= 0.3 is 0 Å². The molecule has 2 saturated heterocycles. The Kier molecular flexibility index (Phi) is 8.21. The van der Waals surface area contributed by atoms with Crippen LogP contribution in [0.2, 0.25) is 0 Å². The van der Waals surface area contributed by atoms with Crippen molar-refractivity contribution >= 4 is 5.96 Å². The SMILES string of the molecule is CCNC(=NCCCCN1CCCC1)N1CCC(CC(C)C)C1. The zero-order chi connectivity index (χ0) is 16.5. The van der Waals surface area contributed by atoms with Crippen LogP contribution in [0.4, 0.5) is 0 Å². The molecule has 0 aromatic rings. The van der Waals surface area contributed by atoms with E-state index in [4.69, 9.17) is 4.99 Å². The predicted molar refractivity (Wildman–Crippen MR) is 100 cm³/mol. The minimum Gasteiger partial charge on any atom is -0.357 e. The number of rotatable bonds is 8. The summed E-state index contributed by atoms with van der Waals surface area (Å²) in [5, 5.41) is 3.50. The highest BCUT2D eigenvalue weighted by molar-refractivity contribution is 5.80. The molecule has 0 aliphatic carbocycles. The number of aliphatic imine (C=N–C) groups is 1. The number of nitrogens with zero attached hydrogens (tertiary/aromatic N) is 3. The van der Waals surface area contributed by atoms with Gasteiger partial charge in [-0.1, -0.05) is 13.8 Å². The molecule has 0 spiro atoms. The quantitative estimate of drug-likeness (QED) is 0.423. The van der Waals surface area contributed by atoms with Crippen LogP contribution in [-0.2, 0) is 0 Å². The minimum absolute atomic E-state index is 0.810. The first-order valence-electron chi connectivity index (χ1n) is 9.94. The molecular formula is C19H38N4. The Morgan fingerprint density at radius 1 is 1.17 bits per heavy atom. The third kappa shape index (κ3) is 6.70. The van der Waals surface area contributed by atoms with Gasteiger partial charge in [-0.3, -0.25) is 4.99 Å². The summed E-state index contributed by atoms with van der Waals surface area (Å²) in [7, 11) is 0. The van der Waals surface area contributed by atoms with Gasteiger partial charge in [0.1, 0.15) is 0 Å². The van der Waals surface area contributed by atoms with Crippen molar-refractivity contribution in [3.63, 3.8) is 0 Å². The normalized spacial score (nSPS) is 23.2. The van der Waals surface area contributed by atoms with Gasteiger partial charge in [-0.15, -0.1) is 0 Å². The molecule has 0 amide bonds. The van der Waals surface area contributed by atoms with Gasteiger partial charge in [0.2, 0.25) is 0 Å². The summed E-state index contributed by atoms with van der Waals surface area (Å²) in [6.07, 6.45) is 7.99. The molecule has 0 radical (unpaired) electrons. The third-order valence-electron chi connectivity index (χ3n) is 5.07. The lowest BCUT2D eigenvalue weighted by Crippen LogP contribution is -2.40. The molecule has 23 heavy (non-hydrogen) atoms. The molecule has 4 heteroatoms. The van der Waals surface area contributed by atoms with E-state index in [1.165, 1.54) is 71.2 Å². The van der Waals surface area contributed by atoms with E-state index in [1.807, 2.05) is 0 Å². The average Bonchev–Trinajstić information content (AvgIpc) is 3.17. The number of guanidine groups is 1. The molecule has 2 fully saturated rings. The second-order valence-corrected chi connectivity index (χ2v) is 7.72. The van der Waals surface area contributed by atoms with E-state index in [0.717, 1.165) is 30.9 Å². The van der Waals surface area contributed by atoms with Crippen LogP contribution < -0.4 is 5.32 Å². The number of unbranched alkanes of at least 4 members (excludes halogenated alkanes) is 1. The molecule has 0 saturated carbocycles. The molecule has 0 bridgehead atoms. The van der Waals surface area contributed by atoms with Crippen molar-refractivity contribution in [2.24, 2.45) is 16.8 Å². The third-order valence-corrected chi connectivity index (χ3v) is 5.07. The summed E-state index contributed by atoms with van der Waals surface area (Å²) in [5.74, 6) is 2.82. The first-order valence-corrected chi connectivity index (χ1v) is 9.94. The summed E-state index contributed by atoms with van der Waals surface area (Å²) < 4.78 is 0. The molecule has 1 N–H and O–H groups in total. The highest BCUT2D eigenvalue weighted by Gasteiger charge is 2.25. The number of hydrogen-bond donors (Lipinski definition) is 1. The lowest BCUT2D eigenvalue weighted by molar-refractivity contribution is 0.331. The molecular weight excluding hydrogens is 284 g/mol. The van der Waals surface area contributed by atoms with E-state index >= 15 is 0 Å². The Morgan fingerprint density at radius 2 is 1.96 bits per heavy atom. The maximum atomic E-state index is 4.89. The van der Waals surface area contributed by atoms with Crippen molar-refractivity contribution in [2.45, 2.75) is 59.3 Å². The zero-order valence-electron chi connectivity index (χ0n) is 15.7. The van der Waals surface area contributed by atoms with Crippen molar-refractivity contribution in [3.05, 3.63) is 0 Å². The molecule has 0 aromatic heterocycles. The van der Waals surface area contributed by atoms with Crippen molar-refractivity contribution in [3.8, 4) is 0 Å². The summed E-state index contributed by atoms with van der Waals surface area (Å²) in [4.78, 5) is 9.97. The van der Waals surface area contributed by atoms with E-state index in [0.29, 0.717) is 0 Å². The summed E-state index contributed by atoms with van der Waals surface area (Å²) in [6.45, 7) is 15.1. The fourth-order valence-corrected chi connectivity index (χ4v) is 3.95. The Morgan fingerprint density at radius 3 is 2.65 bits per heavy atom. The monoisotopic (exact) mass is 322 g/mol. The van der Waals surface area contributed by atoms with Gasteiger partial charge in [0, 0.05) is 26.2 Å². The molecule has 4 nitrogen and oxygen atoms in total. The standard InChI is InChI=1S/C19H38N4/c1-4-20-19(23-14-9-18(16-23)15-17(2)3)21-10-5-6-11-22-12-7-8-13-22/h17-18H,4-16H2,1-3H3,(H,20,21). The molecule has 2 rings (SSSR count). The van der Waals surface area contributed by atoms with E-state index in [1.54, 1.807) is 0 Å². The van der Waals surface area contributed by atoms with Crippen LogP contribution in [0, 0.1) is 11.8 Å². The van der Waals surface area contributed by atoms with Gasteiger partial charge in [-0.05, 0) is 76.9 Å². The van der Waals surface area contributed by atoms with Crippen LogP contribution >= 0.6 is 0 Å². The smallest absolute Gasteiger partial charge is 0.193 e.